The molecule has 2 heterocycles. The van der Waals surface area contributed by atoms with Gasteiger partial charge in [-0.1, -0.05) is 24.6 Å². The van der Waals surface area contributed by atoms with Gasteiger partial charge < -0.3 is 4.90 Å². The molecule has 1 aliphatic heterocycles. The van der Waals surface area contributed by atoms with Crippen LogP contribution in [-0.2, 0) is 9.59 Å². The summed E-state index contributed by atoms with van der Waals surface area (Å²) in [7, 11) is 1.67. The van der Waals surface area contributed by atoms with Gasteiger partial charge in [0.15, 0.2) is 0 Å². The summed E-state index contributed by atoms with van der Waals surface area (Å²) in [5.41, 5.74) is 1.67. The molecule has 1 atom stereocenters. The molecule has 0 radical (unpaired) electrons. The van der Waals surface area contributed by atoms with Gasteiger partial charge in [0, 0.05) is 19.4 Å². The van der Waals surface area contributed by atoms with Gasteiger partial charge >= 0.3 is 0 Å². The molecule has 5 nitrogen and oxygen atoms in total. The maximum atomic E-state index is 13.4. The number of thiophene rings is 1. The molecule has 146 valence electrons. The fourth-order valence-electron chi connectivity index (χ4n) is 3.60. The zero-order valence-corrected chi connectivity index (χ0v) is 16.5. The maximum Gasteiger partial charge on any atom is 0.262 e. The number of carbonyl (C=O) groups excluding carboxylic acids is 2. The molecule has 2 amide bonds. The van der Waals surface area contributed by atoms with Crippen LogP contribution in [0.5, 0.6) is 0 Å². The van der Waals surface area contributed by atoms with Crippen LogP contribution in [0.4, 0.5) is 4.39 Å². The Balaban J connectivity index is 1.55. The molecule has 7 heteroatoms. The van der Waals surface area contributed by atoms with Crippen molar-refractivity contribution in [2.45, 2.75) is 31.7 Å². The molecule has 1 aromatic heterocycles. The van der Waals surface area contributed by atoms with E-state index in [1.165, 1.54) is 22.0 Å². The first kappa shape index (κ1) is 18.8. The van der Waals surface area contributed by atoms with Crippen LogP contribution in [0, 0.1) is 11.7 Å². The third-order valence-electron chi connectivity index (χ3n) is 5.43. The van der Waals surface area contributed by atoms with Gasteiger partial charge in [-0.05, 0) is 42.0 Å². The summed E-state index contributed by atoms with van der Waals surface area (Å²) in [4.78, 5) is 27.9. The summed E-state index contributed by atoms with van der Waals surface area (Å²) in [6.07, 6.45) is 3.45. The first-order chi connectivity index (χ1) is 13.5. The van der Waals surface area contributed by atoms with Gasteiger partial charge in [-0.2, -0.15) is 5.10 Å². The Morgan fingerprint density at radius 3 is 2.61 bits per heavy atom. The maximum absolute atomic E-state index is 13.4. The van der Waals surface area contributed by atoms with Gasteiger partial charge in [-0.3, -0.25) is 9.59 Å². The molecule has 2 aromatic rings. The molecule has 0 bridgehead atoms. The van der Waals surface area contributed by atoms with Crippen molar-refractivity contribution in [1.29, 1.82) is 0 Å². The first-order valence-electron chi connectivity index (χ1n) is 9.47. The summed E-state index contributed by atoms with van der Waals surface area (Å²) >= 11 is 1.57. The Hall–Kier alpha value is -2.54. The van der Waals surface area contributed by atoms with E-state index in [2.05, 4.69) is 5.10 Å². The van der Waals surface area contributed by atoms with E-state index in [1.807, 2.05) is 17.5 Å². The van der Waals surface area contributed by atoms with Gasteiger partial charge in [-0.15, -0.1) is 11.3 Å². The molecule has 0 saturated heterocycles. The van der Waals surface area contributed by atoms with E-state index >= 15 is 0 Å². The lowest BCUT2D eigenvalue weighted by atomic mass is 9.84. The van der Waals surface area contributed by atoms with Crippen molar-refractivity contribution in [2.75, 3.05) is 13.6 Å². The predicted molar refractivity (Wildman–Crippen MR) is 106 cm³/mol. The molecule has 1 aliphatic carbocycles. The van der Waals surface area contributed by atoms with Gasteiger partial charge in [0.05, 0.1) is 16.6 Å². The van der Waals surface area contributed by atoms with Crippen LogP contribution in [0.2, 0.25) is 0 Å². The monoisotopic (exact) mass is 399 g/mol. The molecule has 1 fully saturated rings. The zero-order chi connectivity index (χ0) is 19.7. The fraction of sp³-hybridized carbons (Fsp3) is 0.381. The third-order valence-corrected chi connectivity index (χ3v) is 6.35. The molecule has 4 rings (SSSR count). The van der Waals surface area contributed by atoms with Crippen LogP contribution in [0.15, 0.2) is 46.9 Å². The second kappa shape index (κ2) is 7.83. The number of halogens is 1. The molecule has 0 unspecified atom stereocenters. The van der Waals surface area contributed by atoms with E-state index < -0.39 is 0 Å². The first-order valence-corrected chi connectivity index (χ1v) is 10.3. The second-order valence-corrected chi connectivity index (χ2v) is 8.30. The summed E-state index contributed by atoms with van der Waals surface area (Å²) in [6, 6.07) is 9.81. The standard InChI is InChI=1S/C21H22FN3O2S/c1-24(21(27)15-4-2-5-15)13-20(26)25-18(14-7-9-16(22)10-8-14)12-17(23-25)19-6-3-11-28-19/h3,6-11,15,18H,2,4-5,12-13H2,1H3/t18-/m1/s1. The number of hydrogen-bond acceptors (Lipinski definition) is 4. The zero-order valence-electron chi connectivity index (χ0n) is 15.7. The number of rotatable bonds is 5. The quantitative estimate of drug-likeness (QED) is 0.767. The number of carbonyl (C=O) groups is 2. The number of hydrogen-bond donors (Lipinski definition) is 0. The number of benzene rings is 1. The van der Waals surface area contributed by atoms with Crippen molar-refractivity contribution in [3.8, 4) is 0 Å². The minimum absolute atomic E-state index is 0.00571. The fourth-order valence-corrected chi connectivity index (χ4v) is 4.32. The predicted octanol–water partition coefficient (Wildman–Crippen LogP) is 3.82. The summed E-state index contributed by atoms with van der Waals surface area (Å²) in [5, 5.41) is 8.02. The van der Waals surface area contributed by atoms with Gasteiger partial charge in [-0.25, -0.2) is 9.40 Å². The minimum atomic E-state index is -0.315. The van der Waals surface area contributed by atoms with Crippen LogP contribution in [0.25, 0.3) is 0 Å². The molecule has 1 saturated carbocycles. The molecule has 0 N–H and O–H groups in total. The molecule has 2 aliphatic rings. The van der Waals surface area contributed by atoms with E-state index in [4.69, 9.17) is 0 Å². The number of amides is 2. The van der Waals surface area contributed by atoms with Crippen molar-refractivity contribution < 1.29 is 14.0 Å². The average molecular weight is 399 g/mol. The summed E-state index contributed by atoms with van der Waals surface area (Å²) in [5.74, 6) is -0.463. The van der Waals surface area contributed by atoms with Crippen molar-refractivity contribution in [1.82, 2.24) is 9.91 Å². The van der Waals surface area contributed by atoms with E-state index in [1.54, 1.807) is 30.5 Å². The highest BCUT2D eigenvalue weighted by atomic mass is 32.1. The molecular weight excluding hydrogens is 377 g/mol. The average Bonchev–Trinajstić information content (AvgIpc) is 3.30. The van der Waals surface area contributed by atoms with Crippen LogP contribution in [-0.4, -0.2) is 41.0 Å². The van der Waals surface area contributed by atoms with Crippen LogP contribution >= 0.6 is 11.3 Å². The lowest BCUT2D eigenvalue weighted by Gasteiger charge is -2.30. The molecule has 28 heavy (non-hydrogen) atoms. The van der Waals surface area contributed by atoms with E-state index in [0.29, 0.717) is 6.42 Å². The molecular formula is C21H22FN3O2S. The Labute approximate surface area is 167 Å². The Morgan fingerprint density at radius 1 is 1.25 bits per heavy atom. The summed E-state index contributed by atoms with van der Waals surface area (Å²) < 4.78 is 13.4. The second-order valence-electron chi connectivity index (χ2n) is 7.36. The highest BCUT2D eigenvalue weighted by Crippen LogP contribution is 2.34. The van der Waals surface area contributed by atoms with Crippen LogP contribution in [0.3, 0.4) is 0 Å². The van der Waals surface area contributed by atoms with Crippen molar-refractivity contribution in [3.63, 3.8) is 0 Å². The normalized spacial score (nSPS) is 19.3. The Kier molecular flexibility index (Phi) is 5.26. The van der Waals surface area contributed by atoms with Crippen LogP contribution in [0.1, 0.15) is 42.2 Å². The highest BCUT2D eigenvalue weighted by Gasteiger charge is 2.35. The lowest BCUT2D eigenvalue weighted by Crippen LogP contribution is -2.42. The van der Waals surface area contributed by atoms with Gasteiger partial charge in [0.25, 0.3) is 5.91 Å². The van der Waals surface area contributed by atoms with Crippen molar-refractivity contribution >= 4 is 28.9 Å². The Morgan fingerprint density at radius 2 is 2.00 bits per heavy atom. The topological polar surface area (TPSA) is 53.0 Å². The van der Waals surface area contributed by atoms with E-state index in [9.17, 15) is 14.0 Å². The smallest absolute Gasteiger partial charge is 0.262 e. The number of nitrogens with zero attached hydrogens (tertiary/aromatic N) is 3. The summed E-state index contributed by atoms with van der Waals surface area (Å²) in [6.45, 7) is -0.00571. The third kappa shape index (κ3) is 3.71. The largest absolute Gasteiger partial charge is 0.336 e. The highest BCUT2D eigenvalue weighted by molar-refractivity contribution is 7.12. The van der Waals surface area contributed by atoms with Gasteiger partial charge in [0.2, 0.25) is 5.91 Å². The molecule has 0 spiro atoms. The van der Waals surface area contributed by atoms with Crippen LogP contribution < -0.4 is 0 Å². The van der Waals surface area contributed by atoms with Crippen molar-refractivity contribution in [2.24, 2.45) is 11.0 Å². The number of likely N-dealkylation sites (N-methyl/N-ethyl adjacent to an activating group) is 1. The Bertz CT molecular complexity index is 891. The van der Waals surface area contributed by atoms with E-state index in [-0.39, 0.29) is 36.1 Å². The minimum Gasteiger partial charge on any atom is -0.336 e. The molecule has 1 aromatic carbocycles. The van der Waals surface area contributed by atoms with E-state index in [0.717, 1.165) is 35.4 Å². The van der Waals surface area contributed by atoms with Gasteiger partial charge in [0.1, 0.15) is 12.4 Å². The SMILES string of the molecule is CN(CC(=O)N1N=C(c2cccs2)C[C@@H]1c1ccc(F)cc1)C(=O)C1CCC1. The van der Waals surface area contributed by atoms with Crippen molar-refractivity contribution in [3.05, 3.63) is 58.0 Å². The number of hydrazone groups is 1. The lowest BCUT2D eigenvalue weighted by molar-refractivity contribution is -0.144.